The normalized spacial score (nSPS) is 19.6. The summed E-state index contributed by atoms with van der Waals surface area (Å²) in [5.41, 5.74) is 3.31. The number of rotatable bonds is 7. The topological polar surface area (TPSA) is 85.8 Å². The molecule has 0 unspecified atom stereocenters. The Morgan fingerprint density at radius 1 is 1.00 bits per heavy atom. The summed E-state index contributed by atoms with van der Waals surface area (Å²) >= 11 is 1.38. The molecule has 0 aliphatic carbocycles. The van der Waals surface area contributed by atoms with Gasteiger partial charge in [0.05, 0.1) is 11.3 Å². The molecule has 1 aromatic heterocycles. The standard InChI is InChI=1S/C29H24N2O5S/c1-19(32)35-17-22-18-37-28-24(16-23-14-8-9-15-30-23)27(33)31(28)25(22)29(34)36-26(20-10-4-2-5-11-20)21-12-6-3-7-13-21/h2-16,18,25-26,28H,17H2,1H3/t25-,28-/m1/s1. The number of ether oxygens (including phenoxy) is 2. The molecule has 0 N–H and O–H groups in total. The summed E-state index contributed by atoms with van der Waals surface area (Å²) < 4.78 is 11.3. The first-order chi connectivity index (χ1) is 18.0. The number of carbonyl (C=O) groups is 3. The van der Waals surface area contributed by atoms with Crippen LogP contribution in [0.1, 0.15) is 29.8 Å². The molecule has 5 rings (SSSR count). The fraction of sp³-hybridized carbons (Fsp3) is 0.172. The van der Waals surface area contributed by atoms with Gasteiger partial charge in [-0.15, -0.1) is 11.8 Å². The second-order valence-corrected chi connectivity index (χ2v) is 9.52. The lowest BCUT2D eigenvalue weighted by Gasteiger charge is -2.48. The van der Waals surface area contributed by atoms with Crippen LogP contribution in [0.3, 0.4) is 0 Å². The van der Waals surface area contributed by atoms with Crippen molar-refractivity contribution >= 4 is 35.7 Å². The summed E-state index contributed by atoms with van der Waals surface area (Å²) in [7, 11) is 0. The molecule has 2 aliphatic rings. The first-order valence-corrected chi connectivity index (χ1v) is 12.7. The Kier molecular flexibility index (Phi) is 7.18. The molecule has 8 heteroatoms. The number of β-lactam (4-membered cyclic amide) rings is 1. The number of esters is 2. The van der Waals surface area contributed by atoms with Crippen molar-refractivity contribution in [3.05, 3.63) is 118 Å². The van der Waals surface area contributed by atoms with E-state index in [-0.39, 0.29) is 17.9 Å². The highest BCUT2D eigenvalue weighted by Crippen LogP contribution is 2.44. The van der Waals surface area contributed by atoms with Crippen LogP contribution >= 0.6 is 11.8 Å². The third-order valence-electron chi connectivity index (χ3n) is 6.07. The number of amides is 1. The van der Waals surface area contributed by atoms with Crippen LogP contribution in [0.5, 0.6) is 0 Å². The lowest BCUT2D eigenvalue weighted by Crippen LogP contribution is -2.62. The maximum Gasteiger partial charge on any atom is 0.334 e. The third-order valence-corrected chi connectivity index (χ3v) is 7.25. The van der Waals surface area contributed by atoms with Crippen LogP contribution < -0.4 is 0 Å². The van der Waals surface area contributed by atoms with E-state index in [1.54, 1.807) is 23.7 Å². The summed E-state index contributed by atoms with van der Waals surface area (Å²) in [6.45, 7) is 1.19. The predicted octanol–water partition coefficient (Wildman–Crippen LogP) is 4.53. The zero-order chi connectivity index (χ0) is 25.8. The molecule has 37 heavy (non-hydrogen) atoms. The number of thioether (sulfide) groups is 1. The Hall–Kier alpha value is -4.17. The zero-order valence-corrected chi connectivity index (χ0v) is 20.8. The van der Waals surface area contributed by atoms with E-state index < -0.39 is 24.1 Å². The SMILES string of the molecule is CC(=O)OCC1=CS[C@@H]2C(=Cc3ccccn3)C(=O)N2[C@H]1C(=O)OC(c1ccccc1)c1ccccc1. The van der Waals surface area contributed by atoms with E-state index in [1.807, 2.05) is 72.8 Å². The molecular weight excluding hydrogens is 488 g/mol. The number of hydrogen-bond acceptors (Lipinski definition) is 7. The van der Waals surface area contributed by atoms with Crippen LogP contribution in [0, 0.1) is 0 Å². The first kappa shape index (κ1) is 24.5. The fourth-order valence-corrected chi connectivity index (χ4v) is 5.48. The number of aromatic nitrogens is 1. The van der Waals surface area contributed by atoms with Gasteiger partial charge in [-0.25, -0.2) is 4.79 Å². The number of carbonyl (C=O) groups excluding carboxylic acids is 3. The molecule has 7 nitrogen and oxygen atoms in total. The average molecular weight is 513 g/mol. The van der Waals surface area contributed by atoms with E-state index in [4.69, 9.17) is 9.47 Å². The monoisotopic (exact) mass is 512 g/mol. The number of nitrogens with zero attached hydrogens (tertiary/aromatic N) is 2. The van der Waals surface area contributed by atoms with Gasteiger partial charge in [0, 0.05) is 18.7 Å². The number of hydrogen-bond donors (Lipinski definition) is 0. The number of benzene rings is 2. The van der Waals surface area contributed by atoms with E-state index in [9.17, 15) is 14.4 Å². The van der Waals surface area contributed by atoms with Crippen LogP contribution in [0.4, 0.5) is 0 Å². The number of fused-ring (bicyclic) bond motifs is 1. The molecule has 2 atom stereocenters. The van der Waals surface area contributed by atoms with Gasteiger partial charge in [-0.1, -0.05) is 66.7 Å². The van der Waals surface area contributed by atoms with Crippen molar-refractivity contribution in [1.82, 2.24) is 9.88 Å². The van der Waals surface area contributed by atoms with Crippen molar-refractivity contribution in [2.45, 2.75) is 24.4 Å². The van der Waals surface area contributed by atoms with Gasteiger partial charge in [0.15, 0.2) is 12.1 Å². The molecule has 3 heterocycles. The molecule has 1 amide bonds. The summed E-state index contributed by atoms with van der Waals surface area (Å²) in [4.78, 5) is 44.4. The Labute approximate surface area is 218 Å². The molecule has 186 valence electrons. The van der Waals surface area contributed by atoms with Crippen molar-refractivity contribution in [2.24, 2.45) is 0 Å². The van der Waals surface area contributed by atoms with Crippen LogP contribution in [0.25, 0.3) is 6.08 Å². The van der Waals surface area contributed by atoms with E-state index >= 15 is 0 Å². The summed E-state index contributed by atoms with van der Waals surface area (Å²) in [6.07, 6.45) is 2.73. The highest BCUT2D eigenvalue weighted by Gasteiger charge is 2.52. The van der Waals surface area contributed by atoms with Crippen molar-refractivity contribution in [3.8, 4) is 0 Å². The molecular formula is C29H24N2O5S. The van der Waals surface area contributed by atoms with E-state index in [0.717, 1.165) is 11.1 Å². The van der Waals surface area contributed by atoms with Crippen molar-refractivity contribution in [2.75, 3.05) is 6.61 Å². The molecule has 0 spiro atoms. The van der Waals surface area contributed by atoms with E-state index in [2.05, 4.69) is 4.98 Å². The van der Waals surface area contributed by atoms with Crippen molar-refractivity contribution in [3.63, 3.8) is 0 Å². The zero-order valence-electron chi connectivity index (χ0n) is 20.0. The highest BCUT2D eigenvalue weighted by atomic mass is 32.2. The Morgan fingerprint density at radius 2 is 1.65 bits per heavy atom. The third kappa shape index (κ3) is 5.20. The van der Waals surface area contributed by atoms with Crippen LogP contribution in [0.15, 0.2) is 102 Å². The number of pyridine rings is 1. The Bertz CT molecular complexity index is 1320. The Morgan fingerprint density at radius 3 is 2.24 bits per heavy atom. The van der Waals surface area contributed by atoms with Gasteiger partial charge in [0.1, 0.15) is 12.0 Å². The maximum absolute atomic E-state index is 13.8. The molecule has 3 aromatic rings. The van der Waals surface area contributed by atoms with Crippen molar-refractivity contribution in [1.29, 1.82) is 0 Å². The molecule has 1 fully saturated rings. The minimum Gasteiger partial charge on any atom is -0.461 e. The van der Waals surface area contributed by atoms with E-state index in [0.29, 0.717) is 16.8 Å². The summed E-state index contributed by atoms with van der Waals surface area (Å²) in [6, 6.07) is 23.3. The molecule has 0 bridgehead atoms. The van der Waals surface area contributed by atoms with Gasteiger partial charge >= 0.3 is 11.9 Å². The van der Waals surface area contributed by atoms with Gasteiger partial charge < -0.3 is 14.4 Å². The first-order valence-electron chi connectivity index (χ1n) is 11.8. The molecule has 1 saturated heterocycles. The smallest absolute Gasteiger partial charge is 0.334 e. The molecule has 0 saturated carbocycles. The van der Waals surface area contributed by atoms with Gasteiger partial charge in [-0.05, 0) is 34.7 Å². The minimum atomic E-state index is -1.02. The highest BCUT2D eigenvalue weighted by molar-refractivity contribution is 8.03. The van der Waals surface area contributed by atoms with Crippen LogP contribution in [-0.4, -0.2) is 45.8 Å². The van der Waals surface area contributed by atoms with Crippen LogP contribution in [0.2, 0.25) is 0 Å². The minimum absolute atomic E-state index is 0.112. The largest absolute Gasteiger partial charge is 0.461 e. The average Bonchev–Trinajstić information content (AvgIpc) is 2.94. The fourth-order valence-electron chi connectivity index (χ4n) is 4.31. The predicted molar refractivity (Wildman–Crippen MR) is 140 cm³/mol. The van der Waals surface area contributed by atoms with Crippen molar-refractivity contribution < 1.29 is 23.9 Å². The Balaban J connectivity index is 1.46. The van der Waals surface area contributed by atoms with Crippen LogP contribution in [-0.2, 0) is 23.9 Å². The lowest BCUT2D eigenvalue weighted by atomic mass is 9.96. The second-order valence-electron chi connectivity index (χ2n) is 8.57. The molecule has 2 aliphatic heterocycles. The van der Waals surface area contributed by atoms with Gasteiger partial charge in [-0.3, -0.25) is 14.6 Å². The summed E-state index contributed by atoms with van der Waals surface area (Å²) in [5, 5.41) is 1.41. The molecule has 0 radical (unpaired) electrons. The molecule has 2 aromatic carbocycles. The van der Waals surface area contributed by atoms with Gasteiger partial charge in [0.25, 0.3) is 5.91 Å². The maximum atomic E-state index is 13.8. The van der Waals surface area contributed by atoms with E-state index in [1.165, 1.54) is 23.6 Å². The van der Waals surface area contributed by atoms with Gasteiger partial charge in [0.2, 0.25) is 0 Å². The second kappa shape index (κ2) is 10.8. The quantitative estimate of drug-likeness (QED) is 0.261. The lowest BCUT2D eigenvalue weighted by molar-refractivity contribution is -0.159. The van der Waals surface area contributed by atoms with Gasteiger partial charge in [-0.2, -0.15) is 0 Å². The summed E-state index contributed by atoms with van der Waals surface area (Å²) in [5.74, 6) is -1.35.